The Hall–Kier alpha value is -1.73. The van der Waals surface area contributed by atoms with Gasteiger partial charge in [0.1, 0.15) is 17.0 Å². The van der Waals surface area contributed by atoms with Crippen molar-refractivity contribution >= 4 is 33.3 Å². The molecule has 2 aromatic heterocycles. The third-order valence-electron chi connectivity index (χ3n) is 4.77. The summed E-state index contributed by atoms with van der Waals surface area (Å²) in [5, 5.41) is 7.44. The number of nitrogens with zero attached hydrogens (tertiary/aromatic N) is 3. The summed E-state index contributed by atoms with van der Waals surface area (Å²) in [4.78, 5) is 25.4. The average Bonchev–Trinajstić information content (AvgIpc) is 2.98. The Balaban J connectivity index is 1.71. The first-order valence-corrected chi connectivity index (χ1v) is 10.4. The first-order valence-electron chi connectivity index (χ1n) is 9.54. The molecule has 0 spiro atoms. The molecule has 0 saturated carbocycles. The van der Waals surface area contributed by atoms with Crippen molar-refractivity contribution in [2.24, 2.45) is 5.92 Å². The number of anilines is 1. The maximum Gasteiger partial charge on any atom is 0.261 e. The Morgan fingerprint density at radius 3 is 2.77 bits per heavy atom. The van der Waals surface area contributed by atoms with E-state index in [2.05, 4.69) is 39.3 Å². The van der Waals surface area contributed by atoms with Gasteiger partial charge < -0.3 is 15.5 Å². The van der Waals surface area contributed by atoms with Crippen LogP contribution in [0.4, 0.5) is 5.82 Å². The third-order valence-corrected chi connectivity index (χ3v) is 5.97. The van der Waals surface area contributed by atoms with E-state index in [1.165, 1.54) is 43.7 Å². The minimum atomic E-state index is -0.0153. The van der Waals surface area contributed by atoms with Gasteiger partial charge >= 0.3 is 0 Å². The Morgan fingerprint density at radius 1 is 1.27 bits per heavy atom. The number of likely N-dealkylation sites (tertiary alicyclic amines) is 1. The number of nitrogens with one attached hydrogen (secondary N) is 2. The van der Waals surface area contributed by atoms with Gasteiger partial charge in [-0.2, -0.15) is 0 Å². The fraction of sp³-hybridized carbons (Fsp3) is 0.632. The molecule has 0 aromatic carbocycles. The molecule has 2 aromatic rings. The highest BCUT2D eigenvalue weighted by Gasteiger charge is 2.19. The summed E-state index contributed by atoms with van der Waals surface area (Å²) in [7, 11) is 0. The maximum atomic E-state index is 12.5. The van der Waals surface area contributed by atoms with Crippen molar-refractivity contribution in [1.29, 1.82) is 0 Å². The second-order valence-electron chi connectivity index (χ2n) is 7.39. The van der Waals surface area contributed by atoms with Gasteiger partial charge in [0.2, 0.25) is 0 Å². The van der Waals surface area contributed by atoms with E-state index in [4.69, 9.17) is 0 Å². The minimum absolute atomic E-state index is 0.0153. The van der Waals surface area contributed by atoms with Gasteiger partial charge in [-0.1, -0.05) is 20.3 Å². The SMILES string of the molecule is Cc1c(C(=O)NCC(C)C)sc2ncnc(NCCN3CCCCC3)c12. The molecule has 1 fully saturated rings. The zero-order valence-corrected chi connectivity index (χ0v) is 16.8. The molecule has 7 heteroatoms. The number of rotatable bonds is 7. The number of piperidine rings is 1. The van der Waals surface area contributed by atoms with Gasteiger partial charge in [-0.25, -0.2) is 9.97 Å². The van der Waals surface area contributed by atoms with Crippen LogP contribution in [0.1, 0.15) is 48.3 Å². The van der Waals surface area contributed by atoms with E-state index in [1.807, 2.05) is 6.92 Å². The predicted molar refractivity (Wildman–Crippen MR) is 108 cm³/mol. The predicted octanol–water partition coefficient (Wildman–Crippen LogP) is 3.28. The number of aryl methyl sites for hydroxylation is 1. The molecule has 0 unspecified atom stereocenters. The van der Waals surface area contributed by atoms with Gasteiger partial charge in [0.05, 0.1) is 10.3 Å². The molecule has 2 N–H and O–H groups in total. The van der Waals surface area contributed by atoms with Crippen molar-refractivity contribution < 1.29 is 4.79 Å². The highest BCUT2D eigenvalue weighted by molar-refractivity contribution is 7.20. The highest BCUT2D eigenvalue weighted by Crippen LogP contribution is 2.33. The van der Waals surface area contributed by atoms with Crippen molar-refractivity contribution in [1.82, 2.24) is 20.2 Å². The monoisotopic (exact) mass is 375 g/mol. The molecule has 0 radical (unpaired) electrons. The topological polar surface area (TPSA) is 70.1 Å². The number of aromatic nitrogens is 2. The molecule has 1 aliphatic rings. The number of hydrogen-bond donors (Lipinski definition) is 2. The van der Waals surface area contributed by atoms with E-state index >= 15 is 0 Å². The van der Waals surface area contributed by atoms with Crippen LogP contribution in [0, 0.1) is 12.8 Å². The molecule has 1 aliphatic heterocycles. The number of hydrogen-bond acceptors (Lipinski definition) is 6. The lowest BCUT2D eigenvalue weighted by molar-refractivity contribution is 0.0952. The van der Waals surface area contributed by atoms with Crippen LogP contribution in [0.3, 0.4) is 0 Å². The van der Waals surface area contributed by atoms with Gasteiger partial charge in [-0.15, -0.1) is 11.3 Å². The average molecular weight is 376 g/mol. The molecule has 6 nitrogen and oxygen atoms in total. The normalized spacial score (nSPS) is 15.5. The van der Waals surface area contributed by atoms with E-state index in [9.17, 15) is 4.79 Å². The number of amides is 1. The first-order chi connectivity index (χ1) is 12.6. The Labute approximate surface area is 159 Å². The molecule has 0 atom stereocenters. The number of carbonyl (C=O) groups is 1. The fourth-order valence-corrected chi connectivity index (χ4v) is 4.38. The smallest absolute Gasteiger partial charge is 0.261 e. The van der Waals surface area contributed by atoms with E-state index in [0.717, 1.165) is 39.6 Å². The number of thiophene rings is 1. The van der Waals surface area contributed by atoms with Crippen LogP contribution < -0.4 is 10.6 Å². The molecular formula is C19H29N5OS. The second-order valence-corrected chi connectivity index (χ2v) is 8.39. The maximum absolute atomic E-state index is 12.5. The minimum Gasteiger partial charge on any atom is -0.368 e. The van der Waals surface area contributed by atoms with Crippen LogP contribution in [0.15, 0.2) is 6.33 Å². The summed E-state index contributed by atoms with van der Waals surface area (Å²) in [6, 6.07) is 0. The van der Waals surface area contributed by atoms with Crippen LogP contribution in [0.2, 0.25) is 0 Å². The summed E-state index contributed by atoms with van der Waals surface area (Å²) < 4.78 is 0. The first kappa shape index (κ1) is 19.0. The molecule has 3 heterocycles. The second kappa shape index (κ2) is 8.77. The molecule has 3 rings (SSSR count). The summed E-state index contributed by atoms with van der Waals surface area (Å²) in [5.41, 5.74) is 0.965. The Bertz CT molecular complexity index is 752. The Kier molecular flexibility index (Phi) is 6.43. The van der Waals surface area contributed by atoms with Crippen molar-refractivity contribution in [2.45, 2.75) is 40.0 Å². The summed E-state index contributed by atoms with van der Waals surface area (Å²) >= 11 is 1.45. The molecule has 0 bridgehead atoms. The molecule has 142 valence electrons. The molecular weight excluding hydrogens is 346 g/mol. The highest BCUT2D eigenvalue weighted by atomic mass is 32.1. The largest absolute Gasteiger partial charge is 0.368 e. The van der Waals surface area contributed by atoms with Crippen LogP contribution >= 0.6 is 11.3 Å². The zero-order chi connectivity index (χ0) is 18.5. The standard InChI is InChI=1S/C19H29N5OS/c1-13(2)11-21-18(25)16-14(3)15-17(22-12-23-19(15)26-16)20-7-10-24-8-5-4-6-9-24/h12-13H,4-11H2,1-3H3,(H,21,25)(H,20,22,23). The Morgan fingerprint density at radius 2 is 2.04 bits per heavy atom. The van der Waals surface area contributed by atoms with Gasteiger partial charge in [0.25, 0.3) is 5.91 Å². The van der Waals surface area contributed by atoms with Crippen LogP contribution in [-0.4, -0.2) is 53.5 Å². The van der Waals surface area contributed by atoms with E-state index in [1.54, 1.807) is 6.33 Å². The summed E-state index contributed by atoms with van der Waals surface area (Å²) in [6.07, 6.45) is 5.54. The number of carbonyl (C=O) groups excluding carboxylic acids is 1. The molecule has 1 saturated heterocycles. The van der Waals surface area contributed by atoms with Crippen LogP contribution in [0.25, 0.3) is 10.2 Å². The van der Waals surface area contributed by atoms with Crippen molar-refractivity contribution in [3.63, 3.8) is 0 Å². The molecule has 1 amide bonds. The quantitative estimate of drug-likeness (QED) is 0.777. The van der Waals surface area contributed by atoms with Gasteiger partial charge in [-0.3, -0.25) is 4.79 Å². The fourth-order valence-electron chi connectivity index (χ4n) is 3.31. The van der Waals surface area contributed by atoms with Gasteiger partial charge in [-0.05, 0) is 44.3 Å². The van der Waals surface area contributed by atoms with Crippen LogP contribution in [-0.2, 0) is 0 Å². The number of fused-ring (bicyclic) bond motifs is 1. The lowest BCUT2D eigenvalue weighted by Gasteiger charge is -2.26. The molecule has 0 aliphatic carbocycles. The van der Waals surface area contributed by atoms with E-state index in [0.29, 0.717) is 12.5 Å². The third kappa shape index (κ3) is 4.51. The lowest BCUT2D eigenvalue weighted by Crippen LogP contribution is -2.33. The lowest BCUT2D eigenvalue weighted by atomic mass is 10.1. The van der Waals surface area contributed by atoms with Crippen molar-refractivity contribution in [2.75, 3.05) is 38.0 Å². The summed E-state index contributed by atoms with van der Waals surface area (Å²) in [6.45, 7) is 11.1. The van der Waals surface area contributed by atoms with Gasteiger partial charge in [0.15, 0.2) is 0 Å². The molecule has 26 heavy (non-hydrogen) atoms. The zero-order valence-electron chi connectivity index (χ0n) is 16.0. The van der Waals surface area contributed by atoms with Crippen LogP contribution in [0.5, 0.6) is 0 Å². The van der Waals surface area contributed by atoms with E-state index in [-0.39, 0.29) is 5.91 Å². The van der Waals surface area contributed by atoms with Crippen molar-refractivity contribution in [3.05, 3.63) is 16.8 Å². The van der Waals surface area contributed by atoms with E-state index < -0.39 is 0 Å². The summed E-state index contributed by atoms with van der Waals surface area (Å²) in [5.74, 6) is 1.25. The van der Waals surface area contributed by atoms with Crippen molar-refractivity contribution in [3.8, 4) is 0 Å². The van der Waals surface area contributed by atoms with Gasteiger partial charge in [0, 0.05) is 19.6 Å².